The van der Waals surface area contributed by atoms with E-state index in [4.69, 9.17) is 0 Å². The molecule has 0 aromatic carbocycles. The second kappa shape index (κ2) is 6.43. The monoisotopic (exact) mass is 400 g/mol. The fourth-order valence-corrected chi connectivity index (χ4v) is 4.65. The van der Waals surface area contributed by atoms with Gasteiger partial charge in [-0.25, -0.2) is 4.98 Å². The van der Waals surface area contributed by atoms with Crippen molar-refractivity contribution >= 4 is 39.0 Å². The Morgan fingerprint density at radius 3 is 2.96 bits per heavy atom. The minimum atomic E-state index is -0.142. The Morgan fingerprint density at radius 2 is 2.17 bits per heavy atom. The molecule has 1 aliphatic rings. The van der Waals surface area contributed by atoms with Crippen LogP contribution in [0.3, 0.4) is 0 Å². The summed E-state index contributed by atoms with van der Waals surface area (Å²) in [6, 6.07) is 7.60. The fourth-order valence-electron chi connectivity index (χ4n) is 2.64. The molecule has 2 N–H and O–H groups in total. The molecule has 0 bridgehead atoms. The molecule has 3 aromatic heterocycles. The first kappa shape index (κ1) is 15.4. The average molecular weight is 401 g/mol. The predicted octanol–water partition coefficient (Wildman–Crippen LogP) is 3.82. The lowest BCUT2D eigenvalue weighted by atomic mass is 10.1. The summed E-state index contributed by atoms with van der Waals surface area (Å²) in [4.78, 5) is 22.9. The van der Waals surface area contributed by atoms with Gasteiger partial charge in [-0.1, -0.05) is 6.07 Å². The van der Waals surface area contributed by atoms with Gasteiger partial charge in [-0.05, 0) is 45.3 Å². The van der Waals surface area contributed by atoms with Crippen molar-refractivity contribution in [3.63, 3.8) is 0 Å². The molecule has 0 aliphatic carbocycles. The molecule has 1 aliphatic heterocycles. The lowest BCUT2D eigenvalue weighted by Gasteiger charge is -2.06. The molecule has 0 spiro atoms. The van der Waals surface area contributed by atoms with E-state index >= 15 is 0 Å². The number of hydrogen-bond acceptors (Lipinski definition) is 5. The number of aromatic nitrogens is 2. The smallest absolute Gasteiger partial charge is 0.268 e. The number of fused-ring (bicyclic) bond motifs is 1. The molecule has 0 saturated carbocycles. The number of thiophene rings is 1. The molecule has 0 saturated heterocycles. The van der Waals surface area contributed by atoms with Gasteiger partial charge in [0.2, 0.25) is 0 Å². The molecule has 0 atom stereocenters. The Bertz CT molecular complexity index is 910. The lowest BCUT2D eigenvalue weighted by molar-refractivity contribution is 0.102. The van der Waals surface area contributed by atoms with Crippen molar-refractivity contribution in [3.8, 4) is 11.1 Å². The van der Waals surface area contributed by atoms with Crippen LogP contribution in [0.25, 0.3) is 11.1 Å². The molecule has 0 fully saturated rings. The van der Waals surface area contributed by atoms with Crippen LogP contribution in [0.1, 0.15) is 20.1 Å². The summed E-state index contributed by atoms with van der Waals surface area (Å²) in [5.41, 5.74) is 3.13. The van der Waals surface area contributed by atoms with E-state index in [9.17, 15) is 4.79 Å². The predicted molar refractivity (Wildman–Crippen MR) is 98.0 cm³/mol. The van der Waals surface area contributed by atoms with Gasteiger partial charge in [0.25, 0.3) is 5.91 Å². The number of hydrogen-bond donors (Lipinski definition) is 2. The van der Waals surface area contributed by atoms with E-state index in [1.807, 2.05) is 24.3 Å². The minimum absolute atomic E-state index is 0.142. The van der Waals surface area contributed by atoms with Gasteiger partial charge >= 0.3 is 0 Å². The van der Waals surface area contributed by atoms with Gasteiger partial charge in [0.1, 0.15) is 10.7 Å². The fraction of sp³-hybridized carbons (Fsp3) is 0.118. The third-order valence-corrected chi connectivity index (χ3v) is 6.18. The summed E-state index contributed by atoms with van der Waals surface area (Å²) in [6.45, 7) is 1.62. The first-order valence-electron chi connectivity index (χ1n) is 7.41. The van der Waals surface area contributed by atoms with Crippen molar-refractivity contribution in [2.24, 2.45) is 0 Å². The largest absolute Gasteiger partial charge is 0.308 e. The van der Waals surface area contributed by atoms with Crippen LogP contribution in [0.5, 0.6) is 0 Å². The van der Waals surface area contributed by atoms with Crippen LogP contribution in [0.4, 0.5) is 5.82 Å². The SMILES string of the molecule is O=C(Nc1cc(-c2cccnc2)ccn1)c1sc2c(c1Br)CNC2. The molecule has 120 valence electrons. The lowest BCUT2D eigenvalue weighted by Crippen LogP contribution is -2.12. The zero-order valence-electron chi connectivity index (χ0n) is 12.5. The number of carbonyl (C=O) groups excluding carboxylic acids is 1. The van der Waals surface area contributed by atoms with Crippen molar-refractivity contribution in [2.75, 3.05) is 5.32 Å². The number of nitrogens with zero attached hydrogens (tertiary/aromatic N) is 2. The van der Waals surface area contributed by atoms with Gasteiger partial charge in [0.15, 0.2) is 0 Å². The first-order valence-corrected chi connectivity index (χ1v) is 9.02. The third-order valence-electron chi connectivity index (χ3n) is 3.82. The second-order valence-corrected chi connectivity index (χ2v) is 7.27. The van der Waals surface area contributed by atoms with Crippen molar-refractivity contribution in [1.29, 1.82) is 0 Å². The number of pyridine rings is 2. The van der Waals surface area contributed by atoms with Crippen LogP contribution in [-0.2, 0) is 13.1 Å². The van der Waals surface area contributed by atoms with Gasteiger partial charge in [-0.15, -0.1) is 11.3 Å². The summed E-state index contributed by atoms with van der Waals surface area (Å²) in [5, 5.41) is 6.17. The Hall–Kier alpha value is -2.09. The molecule has 1 amide bonds. The van der Waals surface area contributed by atoms with Crippen LogP contribution >= 0.6 is 27.3 Å². The Morgan fingerprint density at radius 1 is 1.25 bits per heavy atom. The summed E-state index contributed by atoms with van der Waals surface area (Å²) >= 11 is 5.07. The zero-order valence-corrected chi connectivity index (χ0v) is 14.9. The van der Waals surface area contributed by atoms with Crippen molar-refractivity contribution in [1.82, 2.24) is 15.3 Å². The molecule has 0 unspecified atom stereocenters. The maximum absolute atomic E-state index is 12.6. The van der Waals surface area contributed by atoms with Crippen molar-refractivity contribution < 1.29 is 4.79 Å². The van der Waals surface area contributed by atoms with E-state index in [0.717, 1.165) is 28.7 Å². The Labute approximate surface area is 151 Å². The van der Waals surface area contributed by atoms with Crippen molar-refractivity contribution in [2.45, 2.75) is 13.1 Å². The molecular formula is C17H13BrN4OS. The number of anilines is 1. The van der Waals surface area contributed by atoms with Gasteiger partial charge in [-0.2, -0.15) is 0 Å². The van der Waals surface area contributed by atoms with E-state index in [0.29, 0.717) is 10.7 Å². The quantitative estimate of drug-likeness (QED) is 0.700. The summed E-state index contributed by atoms with van der Waals surface area (Å²) in [5.74, 6) is 0.386. The van der Waals surface area contributed by atoms with E-state index in [1.54, 1.807) is 18.6 Å². The molecule has 24 heavy (non-hydrogen) atoms. The summed E-state index contributed by atoms with van der Waals surface area (Å²) < 4.78 is 0.883. The number of carbonyl (C=O) groups is 1. The summed E-state index contributed by atoms with van der Waals surface area (Å²) in [6.07, 6.45) is 5.20. The van der Waals surface area contributed by atoms with E-state index in [-0.39, 0.29) is 5.91 Å². The number of amides is 1. The first-order chi connectivity index (χ1) is 11.7. The van der Waals surface area contributed by atoms with Crippen molar-refractivity contribution in [3.05, 3.63) is 62.6 Å². The number of nitrogens with one attached hydrogen (secondary N) is 2. The highest BCUT2D eigenvalue weighted by molar-refractivity contribution is 9.10. The highest BCUT2D eigenvalue weighted by atomic mass is 79.9. The Kier molecular flexibility index (Phi) is 4.13. The Balaban J connectivity index is 1.59. The topological polar surface area (TPSA) is 66.9 Å². The van der Waals surface area contributed by atoms with E-state index in [1.165, 1.54) is 21.8 Å². The maximum atomic E-state index is 12.6. The van der Waals surface area contributed by atoms with E-state index < -0.39 is 0 Å². The van der Waals surface area contributed by atoms with E-state index in [2.05, 4.69) is 36.5 Å². The van der Waals surface area contributed by atoms with Crippen LogP contribution < -0.4 is 10.6 Å². The molecular weight excluding hydrogens is 388 g/mol. The van der Waals surface area contributed by atoms with Gasteiger partial charge in [0.05, 0.1) is 0 Å². The van der Waals surface area contributed by atoms with Gasteiger partial charge in [0, 0.05) is 46.6 Å². The molecule has 4 rings (SSSR count). The maximum Gasteiger partial charge on any atom is 0.268 e. The molecule has 3 aromatic rings. The number of halogens is 1. The normalized spacial score (nSPS) is 12.9. The van der Waals surface area contributed by atoms with Gasteiger partial charge in [-0.3, -0.25) is 9.78 Å². The zero-order chi connectivity index (χ0) is 16.5. The third kappa shape index (κ3) is 2.86. The molecule has 4 heterocycles. The van der Waals surface area contributed by atoms with Crippen LogP contribution in [-0.4, -0.2) is 15.9 Å². The second-order valence-electron chi connectivity index (χ2n) is 5.38. The summed E-state index contributed by atoms with van der Waals surface area (Å²) in [7, 11) is 0. The minimum Gasteiger partial charge on any atom is -0.308 e. The molecule has 5 nitrogen and oxygen atoms in total. The highest BCUT2D eigenvalue weighted by Gasteiger charge is 2.24. The average Bonchev–Trinajstić information content (AvgIpc) is 3.19. The molecule has 7 heteroatoms. The highest BCUT2D eigenvalue weighted by Crippen LogP contribution is 2.36. The van der Waals surface area contributed by atoms with Crippen LogP contribution in [0, 0.1) is 0 Å². The van der Waals surface area contributed by atoms with Crippen LogP contribution in [0.2, 0.25) is 0 Å². The molecule has 0 radical (unpaired) electrons. The number of rotatable bonds is 3. The standard InChI is InChI=1S/C17H13BrN4OS/c18-15-12-8-20-9-13(12)24-16(15)17(23)22-14-6-10(3-5-21-14)11-2-1-4-19-7-11/h1-7,20H,8-9H2,(H,21,22,23). The van der Waals surface area contributed by atoms with Gasteiger partial charge < -0.3 is 10.6 Å². The van der Waals surface area contributed by atoms with Crippen LogP contribution in [0.15, 0.2) is 47.3 Å².